The molecule has 0 atom stereocenters. The van der Waals surface area contributed by atoms with Crippen LogP contribution in [0.25, 0.3) is 0 Å². The van der Waals surface area contributed by atoms with Crippen molar-refractivity contribution < 1.29 is 4.39 Å². The molecule has 1 aromatic carbocycles. The number of halogens is 1. The Morgan fingerprint density at radius 3 is 2.61 bits per heavy atom. The van der Waals surface area contributed by atoms with Gasteiger partial charge in [-0.2, -0.15) is 0 Å². The van der Waals surface area contributed by atoms with Gasteiger partial charge in [0.2, 0.25) is 0 Å². The molecular formula is C13H15FN4. The second-order valence-electron chi connectivity index (χ2n) is 3.93. The predicted molar refractivity (Wildman–Crippen MR) is 70.8 cm³/mol. The molecule has 18 heavy (non-hydrogen) atoms. The highest BCUT2D eigenvalue weighted by molar-refractivity contribution is 5.66. The second kappa shape index (κ2) is 5.00. The molecule has 94 valence electrons. The van der Waals surface area contributed by atoms with Gasteiger partial charge >= 0.3 is 0 Å². The van der Waals surface area contributed by atoms with Crippen molar-refractivity contribution >= 4 is 17.3 Å². The highest BCUT2D eigenvalue weighted by Gasteiger charge is 2.14. The van der Waals surface area contributed by atoms with Gasteiger partial charge in [-0.15, -0.1) is 0 Å². The van der Waals surface area contributed by atoms with Crippen molar-refractivity contribution in [1.29, 1.82) is 0 Å². The highest BCUT2D eigenvalue weighted by Crippen LogP contribution is 2.28. The number of hydrogen-bond donors (Lipinski definition) is 1. The molecule has 0 saturated heterocycles. The van der Waals surface area contributed by atoms with E-state index in [1.165, 1.54) is 12.4 Å². The van der Waals surface area contributed by atoms with Crippen LogP contribution in [0.2, 0.25) is 0 Å². The summed E-state index contributed by atoms with van der Waals surface area (Å²) in [5.41, 5.74) is 1.37. The summed E-state index contributed by atoms with van der Waals surface area (Å²) in [6, 6.07) is 6.61. The number of para-hydroxylation sites is 1. The van der Waals surface area contributed by atoms with Crippen molar-refractivity contribution in [1.82, 2.24) is 9.97 Å². The molecule has 1 aromatic heterocycles. The van der Waals surface area contributed by atoms with Gasteiger partial charge in [0.05, 0.1) is 5.69 Å². The van der Waals surface area contributed by atoms with Gasteiger partial charge < -0.3 is 10.2 Å². The molecule has 0 bridgehead atoms. The van der Waals surface area contributed by atoms with Crippen LogP contribution in [0.4, 0.5) is 21.7 Å². The average molecular weight is 246 g/mol. The van der Waals surface area contributed by atoms with Crippen molar-refractivity contribution in [3.63, 3.8) is 0 Å². The number of benzene rings is 1. The maximum Gasteiger partial charge on any atom is 0.146 e. The Kier molecular flexibility index (Phi) is 3.41. The van der Waals surface area contributed by atoms with Crippen LogP contribution in [-0.2, 0) is 0 Å². The molecule has 0 fully saturated rings. The fourth-order valence-electron chi connectivity index (χ4n) is 1.87. The number of aromatic nitrogens is 2. The summed E-state index contributed by atoms with van der Waals surface area (Å²) in [7, 11) is 3.58. The van der Waals surface area contributed by atoms with Crippen LogP contribution in [0.5, 0.6) is 0 Å². The van der Waals surface area contributed by atoms with Gasteiger partial charge in [0.1, 0.15) is 23.8 Å². The first-order valence-electron chi connectivity index (χ1n) is 5.62. The smallest absolute Gasteiger partial charge is 0.146 e. The van der Waals surface area contributed by atoms with Crippen molar-refractivity contribution in [3.8, 4) is 0 Å². The molecule has 0 spiro atoms. The van der Waals surface area contributed by atoms with Crippen LogP contribution in [0, 0.1) is 12.7 Å². The quantitative estimate of drug-likeness (QED) is 0.904. The molecule has 4 nitrogen and oxygen atoms in total. The topological polar surface area (TPSA) is 41.1 Å². The van der Waals surface area contributed by atoms with Gasteiger partial charge in [0.25, 0.3) is 0 Å². The first-order chi connectivity index (χ1) is 8.65. The summed E-state index contributed by atoms with van der Waals surface area (Å²) in [5, 5.41) is 2.99. The van der Waals surface area contributed by atoms with Crippen LogP contribution >= 0.6 is 0 Å². The third kappa shape index (κ3) is 2.11. The van der Waals surface area contributed by atoms with E-state index in [1.54, 1.807) is 37.2 Å². The van der Waals surface area contributed by atoms with E-state index in [2.05, 4.69) is 15.3 Å². The zero-order valence-electron chi connectivity index (χ0n) is 10.6. The fourth-order valence-corrected chi connectivity index (χ4v) is 1.87. The van der Waals surface area contributed by atoms with Crippen LogP contribution in [0.3, 0.4) is 0 Å². The molecular weight excluding hydrogens is 231 g/mol. The van der Waals surface area contributed by atoms with Crippen molar-refractivity contribution in [3.05, 3.63) is 42.0 Å². The van der Waals surface area contributed by atoms with E-state index in [0.29, 0.717) is 11.5 Å². The third-order valence-electron chi connectivity index (χ3n) is 2.83. The van der Waals surface area contributed by atoms with Gasteiger partial charge in [-0.1, -0.05) is 12.1 Å². The molecule has 0 saturated carbocycles. The number of hydrogen-bond acceptors (Lipinski definition) is 4. The second-order valence-corrected chi connectivity index (χ2v) is 3.93. The zero-order valence-corrected chi connectivity index (χ0v) is 10.6. The molecule has 0 aliphatic carbocycles. The van der Waals surface area contributed by atoms with E-state index >= 15 is 0 Å². The van der Waals surface area contributed by atoms with Crippen LogP contribution in [0.15, 0.2) is 30.6 Å². The first-order valence-corrected chi connectivity index (χ1v) is 5.62. The van der Waals surface area contributed by atoms with E-state index < -0.39 is 0 Å². The van der Waals surface area contributed by atoms with Gasteiger partial charge in [0, 0.05) is 19.7 Å². The number of nitrogens with zero attached hydrogens (tertiary/aromatic N) is 3. The van der Waals surface area contributed by atoms with Crippen LogP contribution in [-0.4, -0.2) is 24.1 Å². The number of nitrogens with one attached hydrogen (secondary N) is 1. The molecule has 1 heterocycles. The molecule has 0 radical (unpaired) electrons. The lowest BCUT2D eigenvalue weighted by atomic mass is 10.2. The summed E-state index contributed by atoms with van der Waals surface area (Å²) in [4.78, 5) is 10.0. The SMILES string of the molecule is CNc1ncnc(N(C)c2ccccc2F)c1C. The maximum atomic E-state index is 13.7. The predicted octanol–water partition coefficient (Wildman–Crippen LogP) is 2.73. The minimum Gasteiger partial charge on any atom is -0.373 e. The lowest BCUT2D eigenvalue weighted by Gasteiger charge is -2.21. The molecule has 1 N–H and O–H groups in total. The van der Waals surface area contributed by atoms with Crippen LogP contribution in [0.1, 0.15) is 5.56 Å². The summed E-state index contributed by atoms with van der Waals surface area (Å²) < 4.78 is 13.7. The van der Waals surface area contributed by atoms with E-state index in [-0.39, 0.29) is 5.82 Å². The number of anilines is 3. The van der Waals surface area contributed by atoms with Gasteiger partial charge in [-0.25, -0.2) is 14.4 Å². The van der Waals surface area contributed by atoms with Gasteiger partial charge in [-0.05, 0) is 19.1 Å². The van der Waals surface area contributed by atoms with E-state index in [1.807, 2.05) is 6.92 Å². The average Bonchev–Trinajstić information content (AvgIpc) is 2.39. The molecule has 0 amide bonds. The highest BCUT2D eigenvalue weighted by atomic mass is 19.1. The molecule has 0 unspecified atom stereocenters. The summed E-state index contributed by atoms with van der Waals surface area (Å²) in [6.07, 6.45) is 1.46. The Morgan fingerprint density at radius 2 is 1.94 bits per heavy atom. The van der Waals surface area contributed by atoms with E-state index in [0.717, 1.165) is 11.4 Å². The molecule has 0 aliphatic rings. The van der Waals surface area contributed by atoms with Gasteiger partial charge in [0.15, 0.2) is 0 Å². The third-order valence-corrected chi connectivity index (χ3v) is 2.83. The first kappa shape index (κ1) is 12.3. The summed E-state index contributed by atoms with van der Waals surface area (Å²) in [6.45, 7) is 1.90. The lowest BCUT2D eigenvalue weighted by molar-refractivity contribution is 0.627. The monoisotopic (exact) mass is 246 g/mol. The molecule has 2 rings (SSSR count). The molecule has 0 aliphatic heterocycles. The fraction of sp³-hybridized carbons (Fsp3) is 0.231. The van der Waals surface area contributed by atoms with Crippen molar-refractivity contribution in [2.24, 2.45) is 0 Å². The lowest BCUT2D eigenvalue weighted by Crippen LogP contribution is -2.15. The Morgan fingerprint density at radius 1 is 1.22 bits per heavy atom. The molecule has 5 heteroatoms. The summed E-state index contributed by atoms with van der Waals surface area (Å²) in [5.74, 6) is 1.15. The zero-order chi connectivity index (χ0) is 13.1. The Labute approximate surface area is 105 Å². The van der Waals surface area contributed by atoms with Gasteiger partial charge in [-0.3, -0.25) is 0 Å². The van der Waals surface area contributed by atoms with E-state index in [4.69, 9.17) is 0 Å². The van der Waals surface area contributed by atoms with E-state index in [9.17, 15) is 4.39 Å². The normalized spacial score (nSPS) is 10.2. The number of rotatable bonds is 3. The van der Waals surface area contributed by atoms with Crippen molar-refractivity contribution in [2.45, 2.75) is 6.92 Å². The van der Waals surface area contributed by atoms with Crippen molar-refractivity contribution in [2.75, 3.05) is 24.3 Å². The summed E-state index contributed by atoms with van der Waals surface area (Å²) >= 11 is 0. The Hall–Kier alpha value is -2.17. The minimum absolute atomic E-state index is 0.274. The minimum atomic E-state index is -0.274. The Balaban J connectivity index is 2.47. The van der Waals surface area contributed by atoms with Crippen LogP contribution < -0.4 is 10.2 Å². The molecule has 2 aromatic rings. The largest absolute Gasteiger partial charge is 0.373 e. The standard InChI is InChI=1S/C13H15FN4/c1-9-12(15-2)16-8-17-13(9)18(3)11-7-5-4-6-10(11)14/h4-8H,1-3H3,(H,15,16,17). The Bertz CT molecular complexity index is 556. The maximum absolute atomic E-state index is 13.7.